The van der Waals surface area contributed by atoms with Gasteiger partial charge in [0, 0.05) is 5.56 Å². The molecule has 1 heterocycles. The Hall–Kier alpha value is -2.87. The van der Waals surface area contributed by atoms with E-state index in [0.29, 0.717) is 0 Å². The Morgan fingerprint density at radius 1 is 0.800 bits per heavy atom. The summed E-state index contributed by atoms with van der Waals surface area (Å²) in [6.07, 6.45) is 3.22. The summed E-state index contributed by atoms with van der Waals surface area (Å²) in [4.78, 5) is 4.70. The fourth-order valence-corrected chi connectivity index (χ4v) is 3.35. The van der Waals surface area contributed by atoms with E-state index in [0.717, 1.165) is 41.8 Å². The summed E-state index contributed by atoms with van der Waals surface area (Å²) in [6.45, 7) is 2.13. The molecule has 0 bridgehead atoms. The molecule has 2 heteroatoms. The molecule has 0 radical (unpaired) electrons. The summed E-state index contributed by atoms with van der Waals surface area (Å²) in [5.41, 5.74) is 6.81. The van der Waals surface area contributed by atoms with Gasteiger partial charge in [0.05, 0.1) is 0 Å². The van der Waals surface area contributed by atoms with E-state index >= 15 is 0 Å². The lowest BCUT2D eigenvalue weighted by atomic mass is 9.96. The Morgan fingerprint density at radius 3 is 2.44 bits per heavy atom. The average molecular weight is 327 g/mol. The highest BCUT2D eigenvalue weighted by Crippen LogP contribution is 2.30. The molecule has 1 aromatic heterocycles. The van der Waals surface area contributed by atoms with E-state index in [2.05, 4.69) is 55.5 Å². The van der Waals surface area contributed by atoms with Gasteiger partial charge in [0.15, 0.2) is 5.58 Å². The predicted molar refractivity (Wildman–Crippen MR) is 103 cm³/mol. The maximum atomic E-state index is 6.03. The summed E-state index contributed by atoms with van der Waals surface area (Å²) < 4.78 is 6.03. The highest BCUT2D eigenvalue weighted by molar-refractivity contribution is 5.77. The quantitative estimate of drug-likeness (QED) is 0.451. The van der Waals surface area contributed by atoms with Gasteiger partial charge in [-0.25, -0.2) is 4.98 Å². The molecule has 4 aromatic rings. The van der Waals surface area contributed by atoms with E-state index < -0.39 is 0 Å². The second-order valence-electron chi connectivity index (χ2n) is 6.43. The van der Waals surface area contributed by atoms with E-state index in [-0.39, 0.29) is 0 Å². The molecule has 0 aliphatic rings. The maximum Gasteiger partial charge on any atom is 0.227 e. The van der Waals surface area contributed by atoms with Crippen LogP contribution < -0.4 is 0 Å². The van der Waals surface area contributed by atoms with E-state index in [9.17, 15) is 0 Å². The predicted octanol–water partition coefficient (Wildman–Crippen LogP) is 5.98. The summed E-state index contributed by atoms with van der Waals surface area (Å²) >= 11 is 0. The molecule has 0 N–H and O–H groups in total. The van der Waals surface area contributed by atoms with Crippen LogP contribution >= 0.6 is 0 Å². The van der Waals surface area contributed by atoms with Crippen molar-refractivity contribution in [2.75, 3.05) is 0 Å². The van der Waals surface area contributed by atoms with Gasteiger partial charge in [-0.3, -0.25) is 0 Å². The standard InChI is InChI=1S/C23H21NO/c1-17-9-7-13-19(14-8-12-18-10-3-2-4-11-18)22(17)23-24-20-15-5-6-16-21(20)25-23/h2-7,9-11,13,15-16H,8,12,14H2,1H3. The molecule has 0 spiro atoms. The van der Waals surface area contributed by atoms with Gasteiger partial charge in [-0.15, -0.1) is 0 Å². The smallest absolute Gasteiger partial charge is 0.227 e. The molecule has 0 aliphatic carbocycles. The molecule has 0 amide bonds. The molecule has 0 atom stereocenters. The number of rotatable bonds is 5. The number of aryl methyl sites for hydroxylation is 3. The van der Waals surface area contributed by atoms with Crippen LogP contribution in [0.3, 0.4) is 0 Å². The normalized spacial score (nSPS) is 11.1. The van der Waals surface area contributed by atoms with Gasteiger partial charge in [0.2, 0.25) is 5.89 Å². The van der Waals surface area contributed by atoms with Crippen molar-refractivity contribution in [1.29, 1.82) is 0 Å². The van der Waals surface area contributed by atoms with Crippen LogP contribution in [-0.4, -0.2) is 4.98 Å². The van der Waals surface area contributed by atoms with Crippen LogP contribution in [-0.2, 0) is 12.8 Å². The molecule has 25 heavy (non-hydrogen) atoms. The molecule has 0 aliphatic heterocycles. The maximum absolute atomic E-state index is 6.03. The number of hydrogen-bond donors (Lipinski definition) is 0. The third-order valence-corrected chi connectivity index (χ3v) is 4.62. The first kappa shape index (κ1) is 15.6. The third-order valence-electron chi connectivity index (χ3n) is 4.62. The van der Waals surface area contributed by atoms with Crippen molar-refractivity contribution in [3.8, 4) is 11.5 Å². The number of para-hydroxylation sites is 2. The topological polar surface area (TPSA) is 26.0 Å². The minimum atomic E-state index is 0.731. The van der Waals surface area contributed by atoms with E-state index in [1.165, 1.54) is 16.7 Å². The lowest BCUT2D eigenvalue weighted by Gasteiger charge is -2.10. The van der Waals surface area contributed by atoms with Crippen LogP contribution in [0.1, 0.15) is 23.1 Å². The molecular weight excluding hydrogens is 306 g/mol. The number of aromatic nitrogens is 1. The van der Waals surface area contributed by atoms with Crippen molar-refractivity contribution in [1.82, 2.24) is 4.98 Å². The molecule has 0 saturated heterocycles. The number of hydrogen-bond acceptors (Lipinski definition) is 2. The largest absolute Gasteiger partial charge is 0.436 e. The number of benzene rings is 3. The zero-order chi connectivity index (χ0) is 17.1. The lowest BCUT2D eigenvalue weighted by Crippen LogP contribution is -1.95. The molecule has 0 unspecified atom stereocenters. The third kappa shape index (κ3) is 3.34. The fourth-order valence-electron chi connectivity index (χ4n) is 3.35. The van der Waals surface area contributed by atoms with Crippen molar-refractivity contribution in [3.63, 3.8) is 0 Å². The zero-order valence-electron chi connectivity index (χ0n) is 14.4. The second kappa shape index (κ2) is 6.94. The molecular formula is C23H21NO. The number of nitrogens with zero attached hydrogens (tertiary/aromatic N) is 1. The summed E-state index contributed by atoms with van der Waals surface area (Å²) in [5.74, 6) is 0.731. The molecule has 4 rings (SSSR count). The minimum absolute atomic E-state index is 0.731. The Balaban J connectivity index is 1.61. The Kier molecular flexibility index (Phi) is 4.34. The van der Waals surface area contributed by atoms with E-state index in [1.54, 1.807) is 0 Å². The van der Waals surface area contributed by atoms with Gasteiger partial charge < -0.3 is 4.42 Å². The monoisotopic (exact) mass is 327 g/mol. The molecule has 2 nitrogen and oxygen atoms in total. The van der Waals surface area contributed by atoms with Gasteiger partial charge in [0.25, 0.3) is 0 Å². The van der Waals surface area contributed by atoms with Gasteiger partial charge in [0.1, 0.15) is 5.52 Å². The summed E-state index contributed by atoms with van der Waals surface area (Å²) in [5, 5.41) is 0. The van der Waals surface area contributed by atoms with Crippen LogP contribution in [0.4, 0.5) is 0 Å². The first-order valence-corrected chi connectivity index (χ1v) is 8.79. The van der Waals surface area contributed by atoms with Gasteiger partial charge in [-0.2, -0.15) is 0 Å². The number of oxazole rings is 1. The van der Waals surface area contributed by atoms with E-state index in [1.807, 2.05) is 24.3 Å². The van der Waals surface area contributed by atoms with E-state index in [4.69, 9.17) is 9.40 Å². The van der Waals surface area contributed by atoms with Crippen molar-refractivity contribution in [2.45, 2.75) is 26.2 Å². The van der Waals surface area contributed by atoms with Gasteiger partial charge in [-0.1, -0.05) is 60.7 Å². The number of fused-ring (bicyclic) bond motifs is 1. The SMILES string of the molecule is Cc1cccc(CCCc2ccccc2)c1-c1nc2ccccc2o1. The van der Waals surface area contributed by atoms with Crippen molar-refractivity contribution < 1.29 is 4.42 Å². The minimum Gasteiger partial charge on any atom is -0.436 e. The Morgan fingerprint density at radius 2 is 1.60 bits per heavy atom. The Bertz CT molecular complexity index is 952. The van der Waals surface area contributed by atoms with Crippen LogP contribution in [0.15, 0.2) is 77.2 Å². The van der Waals surface area contributed by atoms with Crippen molar-refractivity contribution in [2.24, 2.45) is 0 Å². The van der Waals surface area contributed by atoms with Crippen LogP contribution in [0, 0.1) is 6.92 Å². The highest BCUT2D eigenvalue weighted by Gasteiger charge is 2.14. The van der Waals surface area contributed by atoms with Gasteiger partial charge >= 0.3 is 0 Å². The lowest BCUT2D eigenvalue weighted by molar-refractivity contribution is 0.617. The van der Waals surface area contributed by atoms with Crippen LogP contribution in [0.5, 0.6) is 0 Å². The van der Waals surface area contributed by atoms with Crippen molar-refractivity contribution in [3.05, 3.63) is 89.5 Å². The molecule has 3 aromatic carbocycles. The van der Waals surface area contributed by atoms with Crippen LogP contribution in [0.25, 0.3) is 22.6 Å². The van der Waals surface area contributed by atoms with Crippen LogP contribution in [0.2, 0.25) is 0 Å². The molecule has 124 valence electrons. The highest BCUT2D eigenvalue weighted by atomic mass is 16.3. The Labute approximate surface area is 148 Å². The average Bonchev–Trinajstić information content (AvgIpc) is 3.06. The van der Waals surface area contributed by atoms with Crippen molar-refractivity contribution >= 4 is 11.1 Å². The second-order valence-corrected chi connectivity index (χ2v) is 6.43. The molecule has 0 fully saturated rings. The fraction of sp³-hybridized carbons (Fsp3) is 0.174. The molecule has 0 saturated carbocycles. The summed E-state index contributed by atoms with van der Waals surface area (Å²) in [6, 6.07) is 25.0. The zero-order valence-corrected chi connectivity index (χ0v) is 14.4. The first-order valence-electron chi connectivity index (χ1n) is 8.79. The van der Waals surface area contributed by atoms with Gasteiger partial charge in [-0.05, 0) is 55.0 Å². The summed E-state index contributed by atoms with van der Waals surface area (Å²) in [7, 11) is 0. The first-order chi connectivity index (χ1) is 12.3.